The summed E-state index contributed by atoms with van der Waals surface area (Å²) in [5.74, 6) is -2.15. The van der Waals surface area contributed by atoms with Crippen LogP contribution in [0.3, 0.4) is 0 Å². The van der Waals surface area contributed by atoms with E-state index in [9.17, 15) is 9.59 Å². The zero-order valence-corrected chi connectivity index (χ0v) is 16.2. The normalized spacial score (nSPS) is 13.2. The second-order valence-electron chi connectivity index (χ2n) is 6.25. The van der Waals surface area contributed by atoms with Crippen LogP contribution in [-0.4, -0.2) is 40.2 Å². The number of rotatable bonds is 5. The molecule has 0 saturated heterocycles. The standard InChI is InChI=1S/C17H17ClN2.C4H6O4/c18-17-4-2-14-7-11-20-12-8-15(14)16(17)3-1-13-5-9-19-10-6-13;5-3(6)1-2-4(7)8/h1-6,9-10,20H,7-8,11-12H2;1-2H2,(H,5,6)(H,7,8)/b3-1+;. The van der Waals surface area contributed by atoms with E-state index in [0.717, 1.165) is 42.1 Å². The summed E-state index contributed by atoms with van der Waals surface area (Å²) in [6.07, 6.45) is 9.34. The molecule has 1 aromatic carbocycles. The Morgan fingerprint density at radius 3 is 2.29 bits per heavy atom. The third-order valence-electron chi connectivity index (χ3n) is 4.23. The highest BCUT2D eigenvalue weighted by Crippen LogP contribution is 2.27. The molecule has 2 heterocycles. The van der Waals surface area contributed by atoms with Crippen molar-refractivity contribution >= 4 is 35.7 Å². The predicted octanol–water partition coefficient (Wildman–Crippen LogP) is 3.53. The highest BCUT2D eigenvalue weighted by Gasteiger charge is 2.12. The molecule has 1 aliphatic heterocycles. The number of carboxylic acid groups (broad SMARTS) is 2. The Labute approximate surface area is 168 Å². The molecule has 0 atom stereocenters. The molecule has 0 aliphatic carbocycles. The second-order valence-corrected chi connectivity index (χ2v) is 6.66. The fourth-order valence-corrected chi connectivity index (χ4v) is 3.06. The van der Waals surface area contributed by atoms with Crippen molar-refractivity contribution in [1.29, 1.82) is 0 Å². The Morgan fingerprint density at radius 2 is 1.64 bits per heavy atom. The molecule has 148 valence electrons. The quantitative estimate of drug-likeness (QED) is 0.707. The summed E-state index contributed by atoms with van der Waals surface area (Å²) in [5.41, 5.74) is 5.09. The van der Waals surface area contributed by atoms with E-state index >= 15 is 0 Å². The van der Waals surface area contributed by atoms with Gasteiger partial charge in [-0.3, -0.25) is 14.6 Å². The molecule has 3 rings (SSSR count). The molecule has 1 aromatic heterocycles. The lowest BCUT2D eigenvalue weighted by Crippen LogP contribution is -2.16. The van der Waals surface area contributed by atoms with Gasteiger partial charge in [-0.2, -0.15) is 0 Å². The van der Waals surface area contributed by atoms with E-state index in [1.54, 1.807) is 12.4 Å². The molecule has 0 fully saturated rings. The largest absolute Gasteiger partial charge is 0.481 e. The number of hydrogen-bond donors (Lipinski definition) is 3. The summed E-state index contributed by atoms with van der Waals surface area (Å²) in [6.45, 7) is 2.06. The van der Waals surface area contributed by atoms with Gasteiger partial charge in [0.25, 0.3) is 0 Å². The molecule has 3 N–H and O–H groups in total. The number of fused-ring (bicyclic) bond motifs is 1. The SMILES string of the molecule is Clc1ccc2c(c1/C=C/c1ccncc1)CCNCC2.O=C(O)CCC(=O)O. The van der Waals surface area contributed by atoms with Crippen LogP contribution in [0.25, 0.3) is 12.2 Å². The summed E-state index contributed by atoms with van der Waals surface area (Å²) in [5, 5.41) is 20.1. The van der Waals surface area contributed by atoms with Gasteiger partial charge in [-0.1, -0.05) is 29.8 Å². The third-order valence-corrected chi connectivity index (χ3v) is 4.55. The van der Waals surface area contributed by atoms with E-state index < -0.39 is 11.9 Å². The van der Waals surface area contributed by atoms with Gasteiger partial charge in [0.15, 0.2) is 0 Å². The minimum absolute atomic E-state index is 0.296. The Kier molecular flexibility index (Phi) is 8.65. The van der Waals surface area contributed by atoms with E-state index in [1.165, 1.54) is 11.1 Å². The summed E-state index contributed by atoms with van der Waals surface area (Å²) in [4.78, 5) is 23.3. The summed E-state index contributed by atoms with van der Waals surface area (Å²) in [6, 6.07) is 8.16. The van der Waals surface area contributed by atoms with Crippen molar-refractivity contribution in [2.24, 2.45) is 0 Å². The highest BCUT2D eigenvalue weighted by molar-refractivity contribution is 6.32. The first-order valence-corrected chi connectivity index (χ1v) is 9.38. The first kappa shape index (κ1) is 21.6. The van der Waals surface area contributed by atoms with E-state index in [4.69, 9.17) is 21.8 Å². The molecule has 0 amide bonds. The van der Waals surface area contributed by atoms with Crippen molar-refractivity contribution in [2.75, 3.05) is 13.1 Å². The lowest BCUT2D eigenvalue weighted by molar-refractivity contribution is -0.143. The van der Waals surface area contributed by atoms with Gasteiger partial charge in [0.1, 0.15) is 0 Å². The Hall–Kier alpha value is -2.70. The van der Waals surface area contributed by atoms with Gasteiger partial charge in [-0.15, -0.1) is 0 Å². The van der Waals surface area contributed by atoms with Gasteiger partial charge in [-0.05, 0) is 66.4 Å². The lowest BCUT2D eigenvalue weighted by Gasteiger charge is -2.11. The monoisotopic (exact) mass is 402 g/mol. The molecular weight excluding hydrogens is 380 g/mol. The molecule has 6 nitrogen and oxygen atoms in total. The first-order chi connectivity index (χ1) is 13.5. The molecule has 28 heavy (non-hydrogen) atoms. The van der Waals surface area contributed by atoms with Crippen LogP contribution in [0.4, 0.5) is 0 Å². The van der Waals surface area contributed by atoms with Crippen molar-refractivity contribution < 1.29 is 19.8 Å². The van der Waals surface area contributed by atoms with Crippen LogP contribution >= 0.6 is 11.6 Å². The molecular formula is C21H23ClN2O4. The number of benzene rings is 1. The third kappa shape index (κ3) is 7.13. The zero-order chi connectivity index (χ0) is 20.4. The Balaban J connectivity index is 0.000000300. The van der Waals surface area contributed by atoms with E-state index in [0.29, 0.717) is 0 Å². The van der Waals surface area contributed by atoms with Crippen LogP contribution in [0.2, 0.25) is 5.02 Å². The van der Waals surface area contributed by atoms with Gasteiger partial charge in [0, 0.05) is 17.4 Å². The number of aromatic nitrogens is 1. The van der Waals surface area contributed by atoms with Gasteiger partial charge < -0.3 is 15.5 Å². The molecule has 7 heteroatoms. The maximum atomic E-state index is 9.64. The van der Waals surface area contributed by atoms with Gasteiger partial charge in [0.05, 0.1) is 12.8 Å². The number of aliphatic carboxylic acids is 2. The average molecular weight is 403 g/mol. The van der Waals surface area contributed by atoms with Gasteiger partial charge in [0.2, 0.25) is 0 Å². The average Bonchev–Trinajstić information content (AvgIpc) is 2.92. The van der Waals surface area contributed by atoms with E-state index in [-0.39, 0.29) is 12.8 Å². The first-order valence-electron chi connectivity index (χ1n) is 9.00. The molecule has 0 unspecified atom stereocenters. The Bertz CT molecular complexity index is 824. The smallest absolute Gasteiger partial charge is 0.303 e. The van der Waals surface area contributed by atoms with Crippen molar-refractivity contribution in [3.05, 3.63) is 63.9 Å². The van der Waals surface area contributed by atoms with E-state index in [1.807, 2.05) is 18.2 Å². The molecule has 1 aliphatic rings. The van der Waals surface area contributed by atoms with Crippen molar-refractivity contribution in [3.8, 4) is 0 Å². The van der Waals surface area contributed by atoms with Crippen LogP contribution in [0.5, 0.6) is 0 Å². The van der Waals surface area contributed by atoms with Crippen LogP contribution in [0, 0.1) is 0 Å². The number of pyridine rings is 1. The van der Waals surface area contributed by atoms with Crippen LogP contribution in [0.15, 0.2) is 36.7 Å². The van der Waals surface area contributed by atoms with Crippen molar-refractivity contribution in [1.82, 2.24) is 10.3 Å². The van der Waals surface area contributed by atoms with Crippen molar-refractivity contribution in [2.45, 2.75) is 25.7 Å². The second kappa shape index (κ2) is 11.2. The molecule has 0 radical (unpaired) electrons. The minimum atomic E-state index is -1.08. The summed E-state index contributed by atoms with van der Waals surface area (Å²) < 4.78 is 0. The molecule has 2 aromatic rings. The number of carbonyl (C=O) groups is 2. The summed E-state index contributed by atoms with van der Waals surface area (Å²) >= 11 is 6.40. The topological polar surface area (TPSA) is 99.5 Å². The van der Waals surface area contributed by atoms with Crippen LogP contribution in [0.1, 0.15) is 35.1 Å². The number of nitrogens with zero attached hydrogens (tertiary/aromatic N) is 1. The fourth-order valence-electron chi connectivity index (χ4n) is 2.82. The maximum Gasteiger partial charge on any atom is 0.303 e. The minimum Gasteiger partial charge on any atom is -0.481 e. The number of nitrogens with one attached hydrogen (secondary N) is 1. The molecule has 0 saturated carbocycles. The number of halogens is 1. The van der Waals surface area contributed by atoms with Gasteiger partial charge in [-0.25, -0.2) is 0 Å². The zero-order valence-electron chi connectivity index (χ0n) is 15.4. The molecule has 0 spiro atoms. The highest BCUT2D eigenvalue weighted by atomic mass is 35.5. The van der Waals surface area contributed by atoms with Gasteiger partial charge >= 0.3 is 11.9 Å². The van der Waals surface area contributed by atoms with Crippen LogP contribution in [-0.2, 0) is 22.4 Å². The maximum absolute atomic E-state index is 9.64. The van der Waals surface area contributed by atoms with E-state index in [2.05, 4.69) is 28.5 Å². The lowest BCUT2D eigenvalue weighted by atomic mass is 9.96. The Morgan fingerprint density at radius 1 is 1.00 bits per heavy atom. The predicted molar refractivity (Wildman–Crippen MR) is 109 cm³/mol. The van der Waals surface area contributed by atoms with Crippen LogP contribution < -0.4 is 5.32 Å². The molecule has 0 bridgehead atoms. The van der Waals surface area contributed by atoms with Crippen molar-refractivity contribution in [3.63, 3.8) is 0 Å². The summed E-state index contributed by atoms with van der Waals surface area (Å²) in [7, 11) is 0. The number of carboxylic acids is 2. The fraction of sp³-hybridized carbons (Fsp3) is 0.286. The number of hydrogen-bond acceptors (Lipinski definition) is 4.